The zero-order valence-corrected chi connectivity index (χ0v) is 11.6. The minimum atomic E-state index is -0.562. The molecule has 0 saturated carbocycles. The summed E-state index contributed by atoms with van der Waals surface area (Å²) in [6, 6.07) is 5.73. The minimum absolute atomic E-state index is 0.00582. The number of nitrogens with one attached hydrogen (secondary N) is 1. The molecule has 1 aliphatic heterocycles. The summed E-state index contributed by atoms with van der Waals surface area (Å²) in [6.07, 6.45) is 4.13. The van der Waals surface area contributed by atoms with E-state index in [1.807, 2.05) is 0 Å². The summed E-state index contributed by atoms with van der Waals surface area (Å²) in [7, 11) is 0. The van der Waals surface area contributed by atoms with Crippen molar-refractivity contribution in [3.63, 3.8) is 0 Å². The number of pyridine rings is 1. The van der Waals surface area contributed by atoms with Crippen LogP contribution in [0.3, 0.4) is 0 Å². The SMILES string of the molecule is O=C(NN=Cc1cc2c(cc1[N+](=O)[O-])OCO2)c1ccncc1. The number of hydrogen-bond acceptors (Lipinski definition) is 7. The molecule has 0 fully saturated rings. The molecule has 9 nitrogen and oxygen atoms in total. The summed E-state index contributed by atoms with van der Waals surface area (Å²) in [5, 5.41) is 14.8. The molecule has 0 aliphatic carbocycles. The van der Waals surface area contributed by atoms with E-state index in [0.717, 1.165) is 0 Å². The van der Waals surface area contributed by atoms with Crippen LogP contribution in [0.1, 0.15) is 15.9 Å². The smallest absolute Gasteiger partial charge is 0.282 e. The Bertz CT molecular complexity index is 791. The number of nitrogens with zero attached hydrogens (tertiary/aromatic N) is 3. The second-order valence-corrected chi connectivity index (χ2v) is 4.46. The summed E-state index contributed by atoms with van der Waals surface area (Å²) in [4.78, 5) is 26.1. The third-order valence-corrected chi connectivity index (χ3v) is 3.03. The summed E-state index contributed by atoms with van der Waals surface area (Å²) >= 11 is 0. The largest absolute Gasteiger partial charge is 0.454 e. The molecule has 1 aliphatic rings. The molecular formula is C14H10N4O5. The third kappa shape index (κ3) is 3.07. The Morgan fingerprint density at radius 2 is 2.00 bits per heavy atom. The number of nitro benzene ring substituents is 1. The predicted octanol–water partition coefficient (Wildman–Crippen LogP) is 1.48. The summed E-state index contributed by atoms with van der Waals surface area (Å²) in [6.45, 7) is 0.00582. The van der Waals surface area contributed by atoms with Crippen LogP contribution in [-0.4, -0.2) is 28.8 Å². The lowest BCUT2D eigenvalue weighted by Crippen LogP contribution is -2.17. The molecule has 0 unspecified atom stereocenters. The van der Waals surface area contributed by atoms with Crippen LogP contribution in [-0.2, 0) is 0 Å². The van der Waals surface area contributed by atoms with Crippen molar-refractivity contribution in [2.75, 3.05) is 6.79 Å². The van der Waals surface area contributed by atoms with Gasteiger partial charge in [-0.25, -0.2) is 5.43 Å². The molecule has 116 valence electrons. The molecule has 9 heteroatoms. The lowest BCUT2D eigenvalue weighted by molar-refractivity contribution is -0.385. The Labute approximate surface area is 129 Å². The van der Waals surface area contributed by atoms with Gasteiger partial charge in [-0.05, 0) is 18.2 Å². The van der Waals surface area contributed by atoms with E-state index in [1.54, 1.807) is 0 Å². The monoisotopic (exact) mass is 314 g/mol. The van der Waals surface area contributed by atoms with Crippen LogP contribution < -0.4 is 14.9 Å². The van der Waals surface area contributed by atoms with E-state index in [9.17, 15) is 14.9 Å². The molecule has 0 saturated heterocycles. The van der Waals surface area contributed by atoms with E-state index in [1.165, 1.54) is 42.9 Å². The molecule has 0 bridgehead atoms. The van der Waals surface area contributed by atoms with Gasteiger partial charge in [-0.1, -0.05) is 0 Å². The van der Waals surface area contributed by atoms with Crippen molar-refractivity contribution in [1.29, 1.82) is 0 Å². The van der Waals surface area contributed by atoms with Crippen LogP contribution in [0.5, 0.6) is 11.5 Å². The first-order valence-corrected chi connectivity index (χ1v) is 6.46. The van der Waals surface area contributed by atoms with E-state index in [2.05, 4.69) is 15.5 Å². The molecule has 0 atom stereocenters. The van der Waals surface area contributed by atoms with Gasteiger partial charge in [0.05, 0.1) is 22.8 Å². The molecule has 1 aromatic carbocycles. The van der Waals surface area contributed by atoms with Crippen molar-refractivity contribution >= 4 is 17.8 Å². The maximum Gasteiger partial charge on any atom is 0.282 e. The minimum Gasteiger partial charge on any atom is -0.454 e. The summed E-state index contributed by atoms with van der Waals surface area (Å²) in [5.41, 5.74) is 2.65. The van der Waals surface area contributed by atoms with Crippen LogP contribution in [0, 0.1) is 10.1 Å². The summed E-state index contributed by atoms with van der Waals surface area (Å²) in [5.74, 6) is 0.235. The first kappa shape index (κ1) is 14.4. The van der Waals surface area contributed by atoms with Gasteiger partial charge < -0.3 is 9.47 Å². The van der Waals surface area contributed by atoms with E-state index >= 15 is 0 Å². The number of carbonyl (C=O) groups is 1. The number of benzene rings is 1. The quantitative estimate of drug-likeness (QED) is 0.519. The molecule has 0 spiro atoms. The average molecular weight is 314 g/mol. The number of amides is 1. The first-order valence-electron chi connectivity index (χ1n) is 6.46. The van der Waals surface area contributed by atoms with Crippen molar-refractivity contribution in [1.82, 2.24) is 10.4 Å². The second-order valence-electron chi connectivity index (χ2n) is 4.46. The Morgan fingerprint density at radius 1 is 1.30 bits per heavy atom. The van der Waals surface area contributed by atoms with Gasteiger partial charge in [-0.3, -0.25) is 19.9 Å². The Balaban J connectivity index is 1.79. The fraction of sp³-hybridized carbons (Fsp3) is 0.0714. The highest BCUT2D eigenvalue weighted by atomic mass is 16.7. The standard InChI is InChI=1S/C14H10N4O5/c19-14(9-1-3-15-4-2-9)17-16-7-10-5-12-13(23-8-22-12)6-11(10)18(20)21/h1-7H,8H2,(H,17,19). The topological polar surface area (TPSA) is 116 Å². The number of fused-ring (bicyclic) bond motifs is 1. The van der Waals surface area contributed by atoms with Gasteiger partial charge in [-0.2, -0.15) is 5.10 Å². The molecule has 1 aromatic heterocycles. The fourth-order valence-electron chi connectivity index (χ4n) is 1.94. The van der Waals surface area contributed by atoms with Crippen molar-refractivity contribution in [3.05, 3.63) is 57.9 Å². The van der Waals surface area contributed by atoms with Crippen molar-refractivity contribution in [3.8, 4) is 11.5 Å². The second kappa shape index (κ2) is 6.10. The van der Waals surface area contributed by atoms with E-state index in [0.29, 0.717) is 17.1 Å². The van der Waals surface area contributed by atoms with Crippen LogP contribution in [0.25, 0.3) is 0 Å². The first-order chi connectivity index (χ1) is 11.1. The molecule has 2 heterocycles. The van der Waals surface area contributed by atoms with Gasteiger partial charge in [0.15, 0.2) is 11.5 Å². The maximum absolute atomic E-state index is 11.8. The number of nitro groups is 1. The Hall–Kier alpha value is -3.49. The lowest BCUT2D eigenvalue weighted by Gasteiger charge is -2.01. The molecular weight excluding hydrogens is 304 g/mol. The maximum atomic E-state index is 11.8. The highest BCUT2D eigenvalue weighted by Gasteiger charge is 2.22. The molecule has 0 radical (unpaired) electrons. The van der Waals surface area contributed by atoms with Gasteiger partial charge in [0, 0.05) is 18.0 Å². The predicted molar refractivity (Wildman–Crippen MR) is 78.5 cm³/mol. The molecule has 23 heavy (non-hydrogen) atoms. The average Bonchev–Trinajstić information content (AvgIpc) is 3.02. The number of carbonyl (C=O) groups excluding carboxylic acids is 1. The highest BCUT2D eigenvalue weighted by molar-refractivity contribution is 5.95. The fourth-order valence-corrected chi connectivity index (χ4v) is 1.94. The zero-order chi connectivity index (χ0) is 16.2. The lowest BCUT2D eigenvalue weighted by atomic mass is 10.1. The van der Waals surface area contributed by atoms with Gasteiger partial charge in [0.25, 0.3) is 11.6 Å². The Kier molecular flexibility index (Phi) is 3.83. The molecule has 1 N–H and O–H groups in total. The van der Waals surface area contributed by atoms with E-state index in [4.69, 9.17) is 9.47 Å². The van der Waals surface area contributed by atoms with Gasteiger partial charge >= 0.3 is 0 Å². The van der Waals surface area contributed by atoms with E-state index < -0.39 is 10.8 Å². The number of ether oxygens (including phenoxy) is 2. The van der Waals surface area contributed by atoms with Crippen molar-refractivity contribution in [2.45, 2.75) is 0 Å². The van der Waals surface area contributed by atoms with Crippen LogP contribution >= 0.6 is 0 Å². The van der Waals surface area contributed by atoms with Crippen molar-refractivity contribution < 1.29 is 19.2 Å². The third-order valence-electron chi connectivity index (χ3n) is 3.03. The number of aromatic nitrogens is 1. The van der Waals surface area contributed by atoms with Crippen molar-refractivity contribution in [2.24, 2.45) is 5.10 Å². The molecule has 1 amide bonds. The highest BCUT2D eigenvalue weighted by Crippen LogP contribution is 2.37. The Morgan fingerprint density at radius 3 is 2.70 bits per heavy atom. The number of hydrazone groups is 1. The van der Waals surface area contributed by atoms with E-state index in [-0.39, 0.29) is 18.0 Å². The van der Waals surface area contributed by atoms with Crippen LogP contribution in [0.2, 0.25) is 0 Å². The zero-order valence-electron chi connectivity index (χ0n) is 11.6. The summed E-state index contributed by atoms with van der Waals surface area (Å²) < 4.78 is 10.3. The molecule has 2 aromatic rings. The van der Waals surface area contributed by atoms with Crippen LogP contribution in [0.4, 0.5) is 5.69 Å². The number of hydrogen-bond donors (Lipinski definition) is 1. The number of rotatable bonds is 4. The molecule has 3 rings (SSSR count). The van der Waals surface area contributed by atoms with Gasteiger partial charge in [-0.15, -0.1) is 0 Å². The van der Waals surface area contributed by atoms with Gasteiger partial charge in [0.1, 0.15) is 0 Å². The normalized spacial score (nSPS) is 12.3. The van der Waals surface area contributed by atoms with Gasteiger partial charge in [0.2, 0.25) is 6.79 Å². The van der Waals surface area contributed by atoms with Crippen LogP contribution in [0.15, 0.2) is 41.8 Å².